The van der Waals surface area contributed by atoms with Gasteiger partial charge in [-0.1, -0.05) is 30.3 Å². The van der Waals surface area contributed by atoms with Crippen LogP contribution in [0.1, 0.15) is 19.4 Å². The van der Waals surface area contributed by atoms with E-state index in [1.165, 1.54) is 10.8 Å². The third kappa shape index (κ3) is 3.44. The van der Waals surface area contributed by atoms with Gasteiger partial charge in [-0.2, -0.15) is 0 Å². The Morgan fingerprint density at radius 2 is 1.60 bits per heavy atom. The molecule has 15 heavy (non-hydrogen) atoms. The summed E-state index contributed by atoms with van der Waals surface area (Å²) < 4.78 is 11.0. The first-order valence-electron chi connectivity index (χ1n) is 5.31. The van der Waals surface area contributed by atoms with Gasteiger partial charge in [-0.15, -0.1) is 0 Å². The van der Waals surface area contributed by atoms with Gasteiger partial charge < -0.3 is 9.47 Å². The van der Waals surface area contributed by atoms with Crippen LogP contribution in [0.15, 0.2) is 36.3 Å². The van der Waals surface area contributed by atoms with E-state index < -0.39 is 0 Å². The van der Waals surface area contributed by atoms with E-state index in [0.29, 0.717) is 19.2 Å². The minimum atomic E-state index is 0.647. The third-order valence-electron chi connectivity index (χ3n) is 2.06. The minimum Gasteiger partial charge on any atom is -0.466 e. The second-order valence-corrected chi connectivity index (χ2v) is 4.14. The van der Waals surface area contributed by atoms with Gasteiger partial charge in [0.2, 0.25) is 0 Å². The average molecular weight is 222 g/mol. The molecule has 0 radical (unpaired) electrons. The quantitative estimate of drug-likeness (QED) is 0.558. The fourth-order valence-electron chi connectivity index (χ4n) is 1.33. The highest BCUT2D eigenvalue weighted by atomic mass is 28.1. The minimum absolute atomic E-state index is 0.647. The average Bonchev–Trinajstić information content (AvgIpc) is 2.29. The molecule has 0 bridgehead atoms. The maximum Gasteiger partial charge on any atom is 0.277 e. The predicted molar refractivity (Wildman–Crippen MR) is 66.6 cm³/mol. The molecule has 0 saturated carbocycles. The molecule has 0 atom stereocenters. The van der Waals surface area contributed by atoms with Crippen molar-refractivity contribution in [3.63, 3.8) is 0 Å². The SMILES string of the molecule is CCOC(OCC)=C([SiH3])c1ccccc1. The summed E-state index contributed by atoms with van der Waals surface area (Å²) in [5.74, 6) is 0.692. The van der Waals surface area contributed by atoms with E-state index in [2.05, 4.69) is 12.1 Å². The van der Waals surface area contributed by atoms with Crippen molar-refractivity contribution >= 4 is 15.4 Å². The van der Waals surface area contributed by atoms with Crippen LogP contribution >= 0.6 is 0 Å². The Labute approximate surface area is 94.3 Å². The third-order valence-corrected chi connectivity index (χ3v) is 3.05. The Morgan fingerprint density at radius 3 is 2.07 bits per heavy atom. The number of rotatable bonds is 5. The molecule has 0 unspecified atom stereocenters. The van der Waals surface area contributed by atoms with Gasteiger partial charge in [-0.25, -0.2) is 0 Å². The standard InChI is InChI=1S/C12H18O2Si/c1-3-13-12(14-4-2)11(15)10-8-6-5-7-9-10/h5-9H,3-4H2,1-2,15H3. The van der Waals surface area contributed by atoms with Crippen LogP contribution in [0.2, 0.25) is 0 Å². The molecule has 0 spiro atoms. The lowest BCUT2D eigenvalue weighted by molar-refractivity contribution is 0.0500. The molecule has 0 heterocycles. The monoisotopic (exact) mass is 222 g/mol. The Hall–Kier alpha value is -1.22. The molecule has 0 N–H and O–H groups in total. The highest BCUT2D eigenvalue weighted by Crippen LogP contribution is 2.16. The van der Waals surface area contributed by atoms with Crippen LogP contribution in [0.25, 0.3) is 5.20 Å². The number of hydrogen-bond acceptors (Lipinski definition) is 2. The summed E-state index contributed by atoms with van der Waals surface area (Å²) in [6, 6.07) is 10.2. The van der Waals surface area contributed by atoms with E-state index in [1.54, 1.807) is 0 Å². The molecule has 0 aliphatic rings. The molecule has 3 heteroatoms. The fraction of sp³-hybridized carbons (Fsp3) is 0.333. The van der Waals surface area contributed by atoms with Crippen LogP contribution in [0.3, 0.4) is 0 Å². The lowest BCUT2D eigenvalue weighted by atomic mass is 10.2. The van der Waals surface area contributed by atoms with E-state index in [1.807, 2.05) is 32.0 Å². The Balaban J connectivity index is 2.93. The van der Waals surface area contributed by atoms with Gasteiger partial charge in [0.15, 0.2) is 0 Å². The summed E-state index contributed by atoms with van der Waals surface area (Å²) >= 11 is 0. The summed E-state index contributed by atoms with van der Waals surface area (Å²) in [5, 5.41) is 1.18. The van der Waals surface area contributed by atoms with Crippen LogP contribution < -0.4 is 0 Å². The largest absolute Gasteiger partial charge is 0.466 e. The van der Waals surface area contributed by atoms with Crippen molar-refractivity contribution < 1.29 is 9.47 Å². The van der Waals surface area contributed by atoms with Crippen LogP contribution in [-0.4, -0.2) is 23.5 Å². The van der Waals surface area contributed by atoms with Crippen LogP contribution in [0.5, 0.6) is 0 Å². The number of ether oxygens (including phenoxy) is 2. The lowest BCUT2D eigenvalue weighted by Gasteiger charge is -2.12. The van der Waals surface area contributed by atoms with Gasteiger partial charge in [0, 0.05) is 15.4 Å². The molecular formula is C12H18O2Si. The van der Waals surface area contributed by atoms with Gasteiger partial charge >= 0.3 is 0 Å². The molecule has 1 aromatic rings. The highest BCUT2D eigenvalue weighted by molar-refractivity contribution is 6.42. The fourth-order valence-corrected chi connectivity index (χ4v) is 1.95. The summed E-state index contributed by atoms with van der Waals surface area (Å²) in [6.07, 6.45) is 0. The van der Waals surface area contributed by atoms with Crippen molar-refractivity contribution in [2.45, 2.75) is 13.8 Å². The van der Waals surface area contributed by atoms with Gasteiger partial charge in [-0.3, -0.25) is 0 Å². The molecule has 0 aliphatic heterocycles. The zero-order valence-electron chi connectivity index (χ0n) is 9.62. The maximum absolute atomic E-state index is 5.49. The second kappa shape index (κ2) is 6.30. The van der Waals surface area contributed by atoms with Gasteiger partial charge in [0.1, 0.15) is 0 Å². The first-order valence-corrected chi connectivity index (χ1v) is 6.31. The molecule has 1 aromatic carbocycles. The molecule has 1 rings (SSSR count). The smallest absolute Gasteiger partial charge is 0.277 e. The van der Waals surface area contributed by atoms with E-state index in [4.69, 9.17) is 9.47 Å². The van der Waals surface area contributed by atoms with Crippen molar-refractivity contribution in [2.24, 2.45) is 0 Å². The van der Waals surface area contributed by atoms with Crippen molar-refractivity contribution in [1.82, 2.24) is 0 Å². The Morgan fingerprint density at radius 1 is 1.07 bits per heavy atom. The van der Waals surface area contributed by atoms with Crippen LogP contribution in [0, 0.1) is 0 Å². The van der Waals surface area contributed by atoms with Crippen molar-refractivity contribution in [3.05, 3.63) is 41.8 Å². The second-order valence-electron chi connectivity index (χ2n) is 3.14. The molecule has 0 aliphatic carbocycles. The van der Waals surface area contributed by atoms with Crippen LogP contribution in [-0.2, 0) is 9.47 Å². The van der Waals surface area contributed by atoms with E-state index in [0.717, 1.165) is 10.2 Å². The molecule has 0 aromatic heterocycles. The maximum atomic E-state index is 5.49. The molecule has 0 saturated heterocycles. The van der Waals surface area contributed by atoms with Crippen molar-refractivity contribution in [2.75, 3.05) is 13.2 Å². The van der Waals surface area contributed by atoms with E-state index in [9.17, 15) is 0 Å². The van der Waals surface area contributed by atoms with E-state index >= 15 is 0 Å². The normalized spacial score (nSPS) is 9.73. The van der Waals surface area contributed by atoms with Crippen molar-refractivity contribution in [3.8, 4) is 0 Å². The zero-order chi connectivity index (χ0) is 11.1. The Bertz CT molecular complexity index is 312. The summed E-state index contributed by atoms with van der Waals surface area (Å²) in [6.45, 7) is 5.24. The number of hydrogen-bond donors (Lipinski definition) is 0. The van der Waals surface area contributed by atoms with Gasteiger partial charge in [0.25, 0.3) is 5.95 Å². The van der Waals surface area contributed by atoms with Gasteiger partial charge in [-0.05, 0) is 19.4 Å². The zero-order valence-corrected chi connectivity index (χ0v) is 11.6. The summed E-state index contributed by atoms with van der Waals surface area (Å²) in [5.41, 5.74) is 1.20. The first kappa shape index (κ1) is 11.8. The van der Waals surface area contributed by atoms with Crippen molar-refractivity contribution in [1.29, 1.82) is 0 Å². The van der Waals surface area contributed by atoms with E-state index in [-0.39, 0.29) is 0 Å². The molecule has 2 nitrogen and oxygen atoms in total. The molecule has 0 amide bonds. The van der Waals surface area contributed by atoms with Gasteiger partial charge in [0.05, 0.1) is 13.2 Å². The topological polar surface area (TPSA) is 18.5 Å². The van der Waals surface area contributed by atoms with Crippen LogP contribution in [0.4, 0.5) is 0 Å². The highest BCUT2D eigenvalue weighted by Gasteiger charge is 2.05. The molecule has 0 fully saturated rings. The Kier molecular flexibility index (Phi) is 4.97. The number of benzene rings is 1. The summed E-state index contributed by atoms with van der Waals surface area (Å²) in [4.78, 5) is 0. The lowest BCUT2D eigenvalue weighted by Crippen LogP contribution is -2.02. The molecule has 82 valence electrons. The predicted octanol–water partition coefficient (Wildman–Crippen LogP) is 1.75. The first-order chi connectivity index (χ1) is 7.29. The molecular weight excluding hydrogens is 204 g/mol. The summed E-state index contributed by atoms with van der Waals surface area (Å²) in [7, 11) is 0.918.